The molecule has 4 nitrogen and oxygen atoms in total. The Morgan fingerprint density at radius 3 is 2.00 bits per heavy atom. The summed E-state index contributed by atoms with van der Waals surface area (Å²) < 4.78 is 20.4. The molecule has 1 fully saturated rings. The molecular weight excluding hydrogens is 274 g/mol. The molecular formula is C15H29NO3S. The van der Waals surface area contributed by atoms with Crippen LogP contribution in [0.2, 0.25) is 0 Å². The molecule has 1 unspecified atom stereocenters. The quantitative estimate of drug-likeness (QED) is 0.643. The average Bonchev–Trinajstić information content (AvgIpc) is 2.26. The van der Waals surface area contributed by atoms with Crippen LogP contribution in [0, 0.1) is 5.92 Å². The molecule has 0 aromatic heterocycles. The summed E-state index contributed by atoms with van der Waals surface area (Å²) in [5.74, 6) is -0.0942. The molecule has 1 saturated carbocycles. The van der Waals surface area contributed by atoms with Crippen molar-refractivity contribution >= 4 is 17.3 Å². The van der Waals surface area contributed by atoms with E-state index in [0.717, 1.165) is 25.7 Å². The molecule has 0 saturated heterocycles. The van der Waals surface area contributed by atoms with Gasteiger partial charge in [0.2, 0.25) is 0 Å². The molecule has 0 aliphatic heterocycles. The maximum atomic E-state index is 12.0. The van der Waals surface area contributed by atoms with E-state index in [9.17, 15) is 9.35 Å². The Morgan fingerprint density at radius 1 is 1.10 bits per heavy atom. The van der Waals surface area contributed by atoms with Gasteiger partial charge in [0.05, 0.1) is 12.0 Å². The highest BCUT2D eigenvalue weighted by Crippen LogP contribution is 2.28. The van der Waals surface area contributed by atoms with Gasteiger partial charge in [-0.05, 0) is 67.2 Å². The van der Waals surface area contributed by atoms with Gasteiger partial charge < -0.3 is 9.29 Å². The van der Waals surface area contributed by atoms with Crippen LogP contribution in [0.25, 0.3) is 0 Å². The van der Waals surface area contributed by atoms with Crippen molar-refractivity contribution in [3.63, 3.8) is 0 Å². The molecule has 0 amide bonds. The molecule has 20 heavy (non-hydrogen) atoms. The Balaban J connectivity index is 2.39. The van der Waals surface area contributed by atoms with Gasteiger partial charge in [-0.25, -0.2) is 0 Å². The van der Waals surface area contributed by atoms with Crippen LogP contribution in [0.4, 0.5) is 0 Å². The Hall–Kier alpha value is -0.260. The minimum absolute atomic E-state index is 0.00431. The van der Waals surface area contributed by atoms with Crippen molar-refractivity contribution in [1.82, 2.24) is 4.72 Å². The lowest BCUT2D eigenvalue weighted by Gasteiger charge is -2.32. The molecule has 0 spiro atoms. The lowest BCUT2D eigenvalue weighted by molar-refractivity contribution is -0.161. The summed E-state index contributed by atoms with van der Waals surface area (Å²) in [4.78, 5) is 12.0. The van der Waals surface area contributed by atoms with Crippen molar-refractivity contribution in [2.24, 2.45) is 5.92 Å². The first-order chi connectivity index (χ1) is 8.99. The summed E-state index contributed by atoms with van der Waals surface area (Å²) in [6.07, 6.45) is 3.39. The fourth-order valence-corrected chi connectivity index (χ4v) is 3.05. The second kappa shape index (κ2) is 6.67. The molecule has 1 rings (SSSR count). The molecule has 0 aromatic carbocycles. The molecule has 118 valence electrons. The van der Waals surface area contributed by atoms with E-state index >= 15 is 0 Å². The fourth-order valence-electron chi connectivity index (χ4n) is 2.16. The smallest absolute Gasteiger partial charge is 0.309 e. The molecule has 0 heterocycles. The standard InChI is InChI=1S/C15H29NO3S/c1-14(2,3)19-13(17)11-7-9-12(10-8-11)16-20(18)15(4,5)6/h11-12,16H,7-10H2,1-6H3/t11-,12-,20?. The third-order valence-corrected chi connectivity index (χ3v) is 4.96. The second-order valence-corrected chi connectivity index (χ2v) is 9.58. The first kappa shape index (κ1) is 17.8. The van der Waals surface area contributed by atoms with Crippen LogP contribution < -0.4 is 4.72 Å². The normalized spacial score (nSPS) is 26.1. The monoisotopic (exact) mass is 303 g/mol. The molecule has 1 aliphatic carbocycles. The highest BCUT2D eigenvalue weighted by Gasteiger charge is 2.34. The van der Waals surface area contributed by atoms with Crippen LogP contribution in [0.15, 0.2) is 0 Å². The van der Waals surface area contributed by atoms with Crippen molar-refractivity contribution in [3.05, 3.63) is 0 Å². The van der Waals surface area contributed by atoms with E-state index in [-0.39, 0.29) is 22.7 Å². The molecule has 5 heteroatoms. The lowest BCUT2D eigenvalue weighted by atomic mass is 9.86. The third kappa shape index (κ3) is 6.02. The number of rotatable bonds is 3. The molecule has 1 aliphatic rings. The Labute approximate surface area is 126 Å². The van der Waals surface area contributed by atoms with Crippen molar-refractivity contribution < 1.29 is 14.1 Å². The first-order valence-electron chi connectivity index (χ1n) is 7.40. The van der Waals surface area contributed by atoms with Crippen LogP contribution in [0.3, 0.4) is 0 Å². The number of hydrogen-bond acceptors (Lipinski definition) is 4. The molecule has 0 aromatic rings. The van der Waals surface area contributed by atoms with Gasteiger partial charge >= 0.3 is 5.97 Å². The summed E-state index contributed by atoms with van der Waals surface area (Å²) in [7, 11) is 0. The van der Waals surface area contributed by atoms with E-state index < -0.39 is 17.0 Å². The predicted octanol–water partition coefficient (Wildman–Crippen LogP) is 2.94. The zero-order chi connectivity index (χ0) is 15.6. The van der Waals surface area contributed by atoms with Crippen molar-refractivity contribution in [2.75, 3.05) is 0 Å². The van der Waals surface area contributed by atoms with E-state index in [2.05, 4.69) is 4.72 Å². The van der Waals surface area contributed by atoms with E-state index in [4.69, 9.17) is 4.74 Å². The first-order valence-corrected chi connectivity index (χ1v) is 8.55. The summed E-state index contributed by atoms with van der Waals surface area (Å²) in [5.41, 5.74) is -0.417. The molecule has 0 bridgehead atoms. The SMILES string of the molecule is CC(C)(C)OC(=O)[C@H]1CC[C@H](N[S+]([O-])C(C)(C)C)CC1. The zero-order valence-electron chi connectivity index (χ0n) is 13.6. The highest BCUT2D eigenvalue weighted by molar-refractivity contribution is 7.90. The van der Waals surface area contributed by atoms with E-state index in [0.29, 0.717) is 0 Å². The van der Waals surface area contributed by atoms with Gasteiger partial charge in [-0.3, -0.25) is 4.79 Å². The van der Waals surface area contributed by atoms with Gasteiger partial charge in [-0.2, -0.15) is 0 Å². The lowest BCUT2D eigenvalue weighted by Crippen LogP contribution is -2.46. The van der Waals surface area contributed by atoms with Gasteiger partial charge in [0.25, 0.3) is 0 Å². The summed E-state index contributed by atoms with van der Waals surface area (Å²) in [6.45, 7) is 11.6. The number of esters is 1. The zero-order valence-corrected chi connectivity index (χ0v) is 14.4. The highest BCUT2D eigenvalue weighted by atomic mass is 32.2. The minimum Gasteiger partial charge on any atom is -0.598 e. The predicted molar refractivity (Wildman–Crippen MR) is 82.6 cm³/mol. The van der Waals surface area contributed by atoms with Crippen LogP contribution >= 0.6 is 0 Å². The van der Waals surface area contributed by atoms with Gasteiger partial charge in [0.15, 0.2) is 0 Å². The Bertz CT molecular complexity index is 325. The van der Waals surface area contributed by atoms with E-state index in [1.807, 2.05) is 41.5 Å². The van der Waals surface area contributed by atoms with Crippen LogP contribution in [0.5, 0.6) is 0 Å². The molecule has 1 N–H and O–H groups in total. The van der Waals surface area contributed by atoms with E-state index in [1.54, 1.807) is 0 Å². The van der Waals surface area contributed by atoms with Crippen LogP contribution in [-0.2, 0) is 20.9 Å². The fraction of sp³-hybridized carbons (Fsp3) is 0.933. The maximum Gasteiger partial charge on any atom is 0.309 e. The summed E-state index contributed by atoms with van der Waals surface area (Å²) >= 11 is -1.04. The van der Waals surface area contributed by atoms with Gasteiger partial charge in [-0.1, -0.05) is 0 Å². The minimum atomic E-state index is -1.04. The van der Waals surface area contributed by atoms with Crippen molar-refractivity contribution in [1.29, 1.82) is 0 Å². The molecule has 0 radical (unpaired) electrons. The third-order valence-electron chi connectivity index (χ3n) is 3.30. The van der Waals surface area contributed by atoms with E-state index in [1.165, 1.54) is 0 Å². The largest absolute Gasteiger partial charge is 0.598 e. The number of carbonyl (C=O) groups excluding carboxylic acids is 1. The maximum absolute atomic E-state index is 12.0. The topological polar surface area (TPSA) is 61.4 Å². The number of hydrogen-bond donors (Lipinski definition) is 1. The Kier molecular flexibility index (Phi) is 5.93. The van der Waals surface area contributed by atoms with Crippen molar-refractivity contribution in [3.8, 4) is 0 Å². The number of carbonyl (C=O) groups is 1. The molecule has 1 atom stereocenters. The van der Waals surface area contributed by atoms with Gasteiger partial charge in [0, 0.05) is 11.4 Å². The average molecular weight is 303 g/mol. The summed E-state index contributed by atoms with van der Waals surface area (Å²) in [5, 5.41) is 0. The van der Waals surface area contributed by atoms with Gasteiger partial charge in [0.1, 0.15) is 10.3 Å². The number of nitrogens with one attached hydrogen (secondary N) is 1. The van der Waals surface area contributed by atoms with Crippen molar-refractivity contribution in [2.45, 2.75) is 83.6 Å². The summed E-state index contributed by atoms with van der Waals surface area (Å²) in [6, 6.07) is 0.244. The second-order valence-electron chi connectivity index (χ2n) is 7.58. The van der Waals surface area contributed by atoms with Crippen LogP contribution in [-0.4, -0.2) is 26.9 Å². The number of ether oxygens (including phenoxy) is 1. The Morgan fingerprint density at radius 2 is 1.60 bits per heavy atom. The van der Waals surface area contributed by atoms with Crippen LogP contribution in [0.1, 0.15) is 67.2 Å². The van der Waals surface area contributed by atoms with Gasteiger partial charge in [-0.15, -0.1) is 4.72 Å².